The van der Waals surface area contributed by atoms with Crippen LogP contribution < -0.4 is 10.7 Å². The molecular weight excluding hydrogens is 374 g/mol. The number of nitrogens with zero attached hydrogens (tertiary/aromatic N) is 2. The molecule has 0 bridgehead atoms. The normalized spacial score (nSPS) is 18.8. The number of amides is 2. The summed E-state index contributed by atoms with van der Waals surface area (Å²) in [7, 11) is 0. The van der Waals surface area contributed by atoms with Crippen LogP contribution in [0.25, 0.3) is 0 Å². The predicted octanol–water partition coefficient (Wildman–Crippen LogP) is 3.07. The first-order valence-electron chi connectivity index (χ1n) is 10.4. The quantitative estimate of drug-likeness (QED) is 0.782. The monoisotopic (exact) mass is 405 g/mol. The number of nitrogens with one attached hydrogen (secondary N) is 1. The van der Waals surface area contributed by atoms with Crippen molar-refractivity contribution in [3.63, 3.8) is 0 Å². The molecule has 2 fully saturated rings. The van der Waals surface area contributed by atoms with Gasteiger partial charge in [-0.05, 0) is 26.7 Å². The molecule has 3 rings (SSSR count). The van der Waals surface area contributed by atoms with Gasteiger partial charge in [-0.1, -0.05) is 25.7 Å². The molecule has 0 spiro atoms. The molecule has 1 aromatic rings. The molecule has 2 aliphatic rings. The van der Waals surface area contributed by atoms with Crippen LogP contribution in [0.2, 0.25) is 0 Å². The number of carbonyl (C=O) groups is 2. The molecule has 6 nitrogen and oxygen atoms in total. The molecule has 1 aromatic heterocycles. The van der Waals surface area contributed by atoms with E-state index < -0.39 is 5.43 Å². The molecule has 2 heterocycles. The third kappa shape index (κ3) is 4.99. The van der Waals surface area contributed by atoms with Gasteiger partial charge in [0.2, 0.25) is 5.43 Å². The standard InChI is InChI=1S/C21H31N3O3S/c1-15(2)24-13-17(20(26)22-16-7-5-3-4-6-8-16)19(25)18(14-24)21(27)23-9-11-28-12-10-23/h13-16H,3-12H2,1-2H3,(H,22,26). The molecule has 7 heteroatoms. The second-order valence-electron chi connectivity index (χ2n) is 8.02. The Morgan fingerprint density at radius 2 is 1.64 bits per heavy atom. The number of thioether (sulfide) groups is 1. The van der Waals surface area contributed by atoms with Gasteiger partial charge < -0.3 is 14.8 Å². The van der Waals surface area contributed by atoms with Gasteiger partial charge in [0.1, 0.15) is 11.1 Å². The minimum Gasteiger partial charge on any atom is -0.350 e. The highest BCUT2D eigenvalue weighted by atomic mass is 32.2. The fraction of sp³-hybridized carbons (Fsp3) is 0.667. The number of aromatic nitrogens is 1. The van der Waals surface area contributed by atoms with Crippen molar-refractivity contribution < 1.29 is 9.59 Å². The summed E-state index contributed by atoms with van der Waals surface area (Å²) in [6.45, 7) is 5.23. The maximum Gasteiger partial charge on any atom is 0.259 e. The summed E-state index contributed by atoms with van der Waals surface area (Å²) >= 11 is 1.81. The van der Waals surface area contributed by atoms with Gasteiger partial charge in [-0.25, -0.2) is 0 Å². The predicted molar refractivity (Wildman–Crippen MR) is 113 cm³/mol. The summed E-state index contributed by atoms with van der Waals surface area (Å²) in [5.74, 6) is 1.15. The Kier molecular flexibility index (Phi) is 7.21. The first-order valence-corrected chi connectivity index (χ1v) is 11.6. The Bertz CT molecular complexity index is 761. The molecule has 1 saturated heterocycles. The van der Waals surface area contributed by atoms with E-state index in [1.165, 1.54) is 12.8 Å². The minimum absolute atomic E-state index is 0.0495. The molecular formula is C21H31N3O3S. The summed E-state index contributed by atoms with van der Waals surface area (Å²) in [5.41, 5.74) is -0.268. The van der Waals surface area contributed by atoms with Crippen LogP contribution in [0.4, 0.5) is 0 Å². The molecule has 154 valence electrons. The van der Waals surface area contributed by atoms with Gasteiger partial charge in [-0.15, -0.1) is 0 Å². The molecule has 2 amide bonds. The average Bonchev–Trinajstić information content (AvgIpc) is 2.96. The van der Waals surface area contributed by atoms with Crippen molar-refractivity contribution in [3.05, 3.63) is 33.7 Å². The lowest BCUT2D eigenvalue weighted by atomic mass is 10.1. The summed E-state index contributed by atoms with van der Waals surface area (Å²) < 4.78 is 1.80. The lowest BCUT2D eigenvalue weighted by molar-refractivity contribution is 0.0770. The van der Waals surface area contributed by atoms with Crippen molar-refractivity contribution >= 4 is 23.6 Å². The van der Waals surface area contributed by atoms with Crippen LogP contribution in [0.15, 0.2) is 17.2 Å². The van der Waals surface area contributed by atoms with Crippen molar-refractivity contribution in [2.75, 3.05) is 24.6 Å². The number of hydrogen-bond donors (Lipinski definition) is 1. The summed E-state index contributed by atoms with van der Waals surface area (Å²) in [5, 5.41) is 3.05. The topological polar surface area (TPSA) is 71.4 Å². The van der Waals surface area contributed by atoms with Crippen molar-refractivity contribution in [1.82, 2.24) is 14.8 Å². The van der Waals surface area contributed by atoms with Gasteiger partial charge >= 0.3 is 0 Å². The van der Waals surface area contributed by atoms with E-state index in [0.29, 0.717) is 13.1 Å². The molecule has 0 radical (unpaired) electrons. The maximum absolute atomic E-state index is 13.1. The van der Waals surface area contributed by atoms with E-state index >= 15 is 0 Å². The van der Waals surface area contributed by atoms with Crippen molar-refractivity contribution in [1.29, 1.82) is 0 Å². The van der Waals surface area contributed by atoms with E-state index in [2.05, 4.69) is 5.32 Å². The molecule has 0 atom stereocenters. The number of hydrogen-bond acceptors (Lipinski definition) is 4. The highest BCUT2D eigenvalue weighted by molar-refractivity contribution is 7.99. The van der Waals surface area contributed by atoms with Gasteiger partial charge in [0.15, 0.2) is 0 Å². The van der Waals surface area contributed by atoms with Crippen LogP contribution in [-0.2, 0) is 0 Å². The first kappa shape index (κ1) is 21.0. The van der Waals surface area contributed by atoms with Crippen LogP contribution in [-0.4, -0.2) is 51.9 Å². The largest absolute Gasteiger partial charge is 0.350 e. The van der Waals surface area contributed by atoms with Gasteiger partial charge in [0, 0.05) is 49.1 Å². The van der Waals surface area contributed by atoms with Gasteiger partial charge in [0.05, 0.1) is 0 Å². The lowest BCUT2D eigenvalue weighted by Gasteiger charge is -2.27. The first-order chi connectivity index (χ1) is 13.5. The van der Waals surface area contributed by atoms with E-state index in [-0.39, 0.29) is 35.0 Å². The van der Waals surface area contributed by atoms with Crippen molar-refractivity contribution in [2.45, 2.75) is 64.5 Å². The number of rotatable bonds is 4. The smallest absolute Gasteiger partial charge is 0.259 e. The molecule has 0 aromatic carbocycles. The Morgan fingerprint density at radius 3 is 2.25 bits per heavy atom. The van der Waals surface area contributed by atoms with E-state index in [1.54, 1.807) is 21.9 Å². The fourth-order valence-electron chi connectivity index (χ4n) is 3.83. The lowest BCUT2D eigenvalue weighted by Crippen LogP contribution is -2.42. The Labute approximate surface area is 171 Å². The molecule has 0 unspecified atom stereocenters. The van der Waals surface area contributed by atoms with Crippen LogP contribution in [0, 0.1) is 0 Å². The summed E-state index contributed by atoms with van der Waals surface area (Å²) in [4.78, 5) is 40.7. The van der Waals surface area contributed by atoms with E-state index in [4.69, 9.17) is 0 Å². The zero-order valence-corrected chi connectivity index (χ0v) is 17.7. The third-order valence-corrected chi connectivity index (χ3v) is 6.55. The maximum atomic E-state index is 13.1. The molecule has 1 N–H and O–H groups in total. The Hall–Kier alpha value is -1.76. The van der Waals surface area contributed by atoms with Crippen LogP contribution >= 0.6 is 11.8 Å². The average molecular weight is 406 g/mol. The SMILES string of the molecule is CC(C)n1cc(C(=O)NC2CCCCCC2)c(=O)c(C(=O)N2CCSCC2)c1. The second kappa shape index (κ2) is 9.63. The minimum atomic E-state index is -0.453. The summed E-state index contributed by atoms with van der Waals surface area (Å²) in [6, 6.07) is 0.161. The highest BCUT2D eigenvalue weighted by Crippen LogP contribution is 2.18. The van der Waals surface area contributed by atoms with Gasteiger partial charge in [-0.2, -0.15) is 11.8 Å². The Morgan fingerprint density at radius 1 is 1.04 bits per heavy atom. The van der Waals surface area contributed by atoms with E-state index in [9.17, 15) is 14.4 Å². The molecule has 1 aliphatic heterocycles. The van der Waals surface area contributed by atoms with Crippen LogP contribution in [0.5, 0.6) is 0 Å². The van der Waals surface area contributed by atoms with Crippen LogP contribution in [0.1, 0.15) is 79.1 Å². The molecule has 28 heavy (non-hydrogen) atoms. The Balaban J connectivity index is 1.89. The zero-order chi connectivity index (χ0) is 20.1. The van der Waals surface area contributed by atoms with Crippen molar-refractivity contribution in [2.24, 2.45) is 0 Å². The zero-order valence-electron chi connectivity index (χ0n) is 16.9. The molecule has 1 saturated carbocycles. The van der Waals surface area contributed by atoms with E-state index in [0.717, 1.165) is 37.2 Å². The highest BCUT2D eigenvalue weighted by Gasteiger charge is 2.26. The third-order valence-electron chi connectivity index (χ3n) is 5.61. The van der Waals surface area contributed by atoms with Gasteiger partial charge in [0.25, 0.3) is 11.8 Å². The fourth-order valence-corrected chi connectivity index (χ4v) is 4.74. The van der Waals surface area contributed by atoms with Crippen molar-refractivity contribution in [3.8, 4) is 0 Å². The number of carbonyl (C=O) groups excluding carboxylic acids is 2. The molecule has 1 aliphatic carbocycles. The second-order valence-corrected chi connectivity index (χ2v) is 9.25. The van der Waals surface area contributed by atoms with E-state index in [1.807, 2.05) is 25.6 Å². The van der Waals surface area contributed by atoms with Gasteiger partial charge in [-0.3, -0.25) is 14.4 Å². The number of pyridine rings is 1. The summed E-state index contributed by atoms with van der Waals surface area (Å²) in [6.07, 6.45) is 9.72. The van der Waals surface area contributed by atoms with Crippen LogP contribution in [0.3, 0.4) is 0 Å².